The molecule has 1 aromatic heterocycles. The molecule has 0 aliphatic carbocycles. The Labute approximate surface area is 143 Å². The van der Waals surface area contributed by atoms with Gasteiger partial charge in [0.2, 0.25) is 0 Å². The zero-order chi connectivity index (χ0) is 17.4. The monoisotopic (exact) mass is 351 g/mol. The van der Waals surface area contributed by atoms with Crippen LogP contribution in [0.2, 0.25) is 0 Å². The molecular weight excluding hydrogens is 331 g/mol. The molecule has 2 aromatic rings. The van der Waals surface area contributed by atoms with Crippen molar-refractivity contribution in [2.24, 2.45) is 0 Å². The highest BCUT2D eigenvalue weighted by atomic mass is 19.4. The molecule has 134 valence electrons. The van der Waals surface area contributed by atoms with E-state index in [0.29, 0.717) is 35.2 Å². The van der Waals surface area contributed by atoms with Crippen LogP contribution in [0, 0.1) is 0 Å². The third-order valence-electron chi connectivity index (χ3n) is 5.29. The van der Waals surface area contributed by atoms with Gasteiger partial charge in [-0.15, -0.1) is 10.2 Å². The highest BCUT2D eigenvalue weighted by Gasteiger charge is 2.41. The minimum Gasteiger partial charge on any atom is -0.290 e. The zero-order valence-electron chi connectivity index (χ0n) is 13.7. The first-order valence-electron chi connectivity index (χ1n) is 8.62. The standard InChI is InChI=1S/C17H20F3N5/c18-17(19,20)11-25-22-16(21-23-25)10-24-14-6-7-15(24)9-13(8-14)12-4-2-1-3-5-12/h1-5,13-15H,6-11H2/t13?,14-,15+. The van der Waals surface area contributed by atoms with Gasteiger partial charge in [0.1, 0.15) is 0 Å². The first-order chi connectivity index (χ1) is 12.0. The lowest BCUT2D eigenvalue weighted by Gasteiger charge is -2.38. The van der Waals surface area contributed by atoms with Gasteiger partial charge in [-0.2, -0.15) is 18.0 Å². The van der Waals surface area contributed by atoms with Crippen molar-refractivity contribution >= 4 is 0 Å². The predicted octanol–water partition coefficient (Wildman–Crippen LogP) is 3.15. The second-order valence-electron chi connectivity index (χ2n) is 6.99. The number of nitrogens with zero attached hydrogens (tertiary/aromatic N) is 5. The van der Waals surface area contributed by atoms with E-state index >= 15 is 0 Å². The summed E-state index contributed by atoms with van der Waals surface area (Å²) >= 11 is 0. The molecule has 5 nitrogen and oxygen atoms in total. The molecule has 2 aliphatic rings. The van der Waals surface area contributed by atoms with Crippen LogP contribution in [0.3, 0.4) is 0 Å². The largest absolute Gasteiger partial charge is 0.409 e. The number of piperidine rings is 1. The van der Waals surface area contributed by atoms with E-state index in [4.69, 9.17) is 0 Å². The van der Waals surface area contributed by atoms with Crippen molar-refractivity contribution in [1.82, 2.24) is 25.1 Å². The summed E-state index contributed by atoms with van der Waals surface area (Å²) in [6, 6.07) is 11.4. The summed E-state index contributed by atoms with van der Waals surface area (Å²) in [6.45, 7) is -0.711. The fourth-order valence-electron chi connectivity index (χ4n) is 4.26. The number of benzene rings is 1. The van der Waals surface area contributed by atoms with Crippen LogP contribution in [0.25, 0.3) is 0 Å². The highest BCUT2D eigenvalue weighted by molar-refractivity contribution is 5.21. The summed E-state index contributed by atoms with van der Waals surface area (Å²) < 4.78 is 37.2. The summed E-state index contributed by atoms with van der Waals surface area (Å²) in [5.74, 6) is 0.933. The van der Waals surface area contributed by atoms with E-state index in [-0.39, 0.29) is 0 Å². The van der Waals surface area contributed by atoms with E-state index in [2.05, 4.69) is 44.6 Å². The van der Waals surface area contributed by atoms with Gasteiger partial charge < -0.3 is 0 Å². The predicted molar refractivity (Wildman–Crippen MR) is 84.6 cm³/mol. The van der Waals surface area contributed by atoms with Crippen LogP contribution < -0.4 is 0 Å². The first-order valence-corrected chi connectivity index (χ1v) is 8.62. The van der Waals surface area contributed by atoms with E-state index in [1.807, 2.05) is 6.07 Å². The molecule has 8 heteroatoms. The molecule has 0 saturated carbocycles. The molecular formula is C17H20F3N5. The molecule has 3 heterocycles. The maximum absolute atomic E-state index is 12.4. The number of hydrogen-bond acceptors (Lipinski definition) is 4. The SMILES string of the molecule is FC(F)(F)Cn1nnc(CN2[C@@H]3CC[C@H]2CC(c2ccccc2)C3)n1. The van der Waals surface area contributed by atoms with Gasteiger partial charge in [0.25, 0.3) is 0 Å². The molecule has 0 amide bonds. The normalized spacial score (nSPS) is 26.9. The van der Waals surface area contributed by atoms with Crippen molar-refractivity contribution in [3.63, 3.8) is 0 Å². The molecule has 1 unspecified atom stereocenters. The van der Waals surface area contributed by atoms with Crippen molar-refractivity contribution in [1.29, 1.82) is 0 Å². The minimum absolute atomic E-state index is 0.374. The van der Waals surface area contributed by atoms with Crippen LogP contribution in [0.5, 0.6) is 0 Å². The molecule has 0 N–H and O–H groups in total. The second kappa shape index (κ2) is 6.40. The van der Waals surface area contributed by atoms with E-state index < -0.39 is 12.7 Å². The zero-order valence-corrected chi connectivity index (χ0v) is 13.7. The number of fused-ring (bicyclic) bond motifs is 2. The first kappa shape index (κ1) is 16.5. The van der Waals surface area contributed by atoms with Crippen LogP contribution in [0.1, 0.15) is 43.0 Å². The Morgan fingerprint density at radius 2 is 1.72 bits per heavy atom. The molecule has 0 spiro atoms. The summed E-state index contributed by atoms with van der Waals surface area (Å²) in [5.41, 5.74) is 1.38. The van der Waals surface area contributed by atoms with E-state index in [0.717, 1.165) is 25.7 Å². The molecule has 2 saturated heterocycles. The molecule has 2 bridgehead atoms. The number of tetrazole rings is 1. The second-order valence-corrected chi connectivity index (χ2v) is 6.99. The van der Waals surface area contributed by atoms with Crippen molar-refractivity contribution in [2.45, 2.75) is 63.0 Å². The van der Waals surface area contributed by atoms with Gasteiger partial charge in [-0.1, -0.05) is 30.3 Å². The quantitative estimate of drug-likeness (QED) is 0.849. The van der Waals surface area contributed by atoms with Crippen LogP contribution in [-0.2, 0) is 13.1 Å². The lowest BCUT2D eigenvalue weighted by molar-refractivity contribution is -0.145. The fraction of sp³-hybridized carbons (Fsp3) is 0.588. The average molecular weight is 351 g/mol. The van der Waals surface area contributed by atoms with Gasteiger partial charge in [-0.25, -0.2) is 0 Å². The molecule has 2 aliphatic heterocycles. The lowest BCUT2D eigenvalue weighted by atomic mass is 9.85. The number of aromatic nitrogens is 4. The number of alkyl halides is 3. The Bertz CT molecular complexity index is 701. The number of halogens is 3. The number of rotatable bonds is 4. The van der Waals surface area contributed by atoms with Crippen molar-refractivity contribution in [2.75, 3.05) is 0 Å². The topological polar surface area (TPSA) is 46.8 Å². The summed E-state index contributed by atoms with van der Waals surface area (Å²) in [6.07, 6.45) is 0.0921. The van der Waals surface area contributed by atoms with Gasteiger partial charge in [-0.05, 0) is 42.4 Å². The fourth-order valence-corrected chi connectivity index (χ4v) is 4.26. The number of hydrogen-bond donors (Lipinski definition) is 0. The molecule has 25 heavy (non-hydrogen) atoms. The maximum Gasteiger partial charge on any atom is 0.409 e. The van der Waals surface area contributed by atoms with Gasteiger partial charge in [0.05, 0.1) is 6.54 Å². The highest BCUT2D eigenvalue weighted by Crippen LogP contribution is 2.43. The average Bonchev–Trinajstić information content (AvgIpc) is 3.08. The maximum atomic E-state index is 12.4. The van der Waals surface area contributed by atoms with E-state index in [1.54, 1.807) is 0 Å². The van der Waals surface area contributed by atoms with E-state index in [9.17, 15) is 13.2 Å². The Morgan fingerprint density at radius 3 is 2.36 bits per heavy atom. The van der Waals surface area contributed by atoms with Crippen molar-refractivity contribution in [3.8, 4) is 0 Å². The van der Waals surface area contributed by atoms with Gasteiger partial charge >= 0.3 is 6.18 Å². The van der Waals surface area contributed by atoms with Crippen molar-refractivity contribution in [3.05, 3.63) is 41.7 Å². The van der Waals surface area contributed by atoms with Crippen molar-refractivity contribution < 1.29 is 13.2 Å². The molecule has 1 aromatic carbocycles. The third kappa shape index (κ3) is 3.68. The Hall–Kier alpha value is -1.96. The summed E-state index contributed by atoms with van der Waals surface area (Å²) in [5, 5.41) is 11.2. The van der Waals surface area contributed by atoms with Crippen LogP contribution >= 0.6 is 0 Å². The Kier molecular flexibility index (Phi) is 4.23. The molecule has 4 rings (SSSR count). The van der Waals surface area contributed by atoms with Gasteiger partial charge in [0, 0.05) is 12.1 Å². The molecule has 2 fully saturated rings. The molecule has 0 radical (unpaired) electrons. The lowest BCUT2D eigenvalue weighted by Crippen LogP contribution is -2.41. The van der Waals surface area contributed by atoms with Crippen LogP contribution in [-0.4, -0.2) is 43.4 Å². The summed E-state index contributed by atoms with van der Waals surface area (Å²) in [4.78, 5) is 2.99. The Morgan fingerprint density at radius 1 is 1.04 bits per heavy atom. The third-order valence-corrected chi connectivity index (χ3v) is 5.29. The Balaban J connectivity index is 1.42. The van der Waals surface area contributed by atoms with Crippen LogP contribution in [0.15, 0.2) is 30.3 Å². The summed E-state index contributed by atoms with van der Waals surface area (Å²) in [7, 11) is 0. The van der Waals surface area contributed by atoms with Crippen LogP contribution in [0.4, 0.5) is 13.2 Å². The van der Waals surface area contributed by atoms with Gasteiger partial charge in [-0.3, -0.25) is 4.90 Å². The van der Waals surface area contributed by atoms with Gasteiger partial charge in [0.15, 0.2) is 12.4 Å². The van der Waals surface area contributed by atoms with E-state index in [1.165, 1.54) is 5.56 Å². The minimum atomic E-state index is -4.33. The molecule has 3 atom stereocenters. The smallest absolute Gasteiger partial charge is 0.290 e.